The van der Waals surface area contributed by atoms with Crippen LogP contribution >= 0.6 is 11.6 Å². The first-order valence-corrected chi connectivity index (χ1v) is 10.6. The average molecular weight is 416 g/mol. The van der Waals surface area contributed by atoms with Gasteiger partial charge in [-0.2, -0.15) is 0 Å². The van der Waals surface area contributed by atoms with E-state index in [2.05, 4.69) is 34.5 Å². The molecular weight excluding hydrogens is 389 g/mol. The second-order valence-corrected chi connectivity index (χ2v) is 8.58. The maximum Gasteiger partial charge on any atom is 0.243 e. The molecule has 0 unspecified atom stereocenters. The lowest BCUT2D eigenvalue weighted by Gasteiger charge is -2.44. The summed E-state index contributed by atoms with van der Waals surface area (Å²) < 4.78 is 13.6. The van der Waals surface area contributed by atoms with Gasteiger partial charge in [0.2, 0.25) is 5.91 Å². The van der Waals surface area contributed by atoms with Crippen molar-refractivity contribution in [1.82, 2.24) is 15.1 Å². The molecule has 29 heavy (non-hydrogen) atoms. The summed E-state index contributed by atoms with van der Waals surface area (Å²) in [4.78, 5) is 17.9. The SMILES string of the molecule is CN(CCc1cc(F)cc(Cl)c1)C(=O)C1(N2CCNCC2)Cc2ccccc2C1. The Morgan fingerprint density at radius 3 is 2.45 bits per heavy atom. The number of carbonyl (C=O) groups is 1. The molecule has 0 radical (unpaired) electrons. The summed E-state index contributed by atoms with van der Waals surface area (Å²) in [5, 5.41) is 3.77. The number of piperazine rings is 1. The molecule has 1 fully saturated rings. The second-order valence-electron chi connectivity index (χ2n) is 8.15. The maximum atomic E-state index is 13.8. The molecule has 0 spiro atoms. The molecular formula is C23H27ClFN3O. The van der Waals surface area contributed by atoms with E-state index in [4.69, 9.17) is 11.6 Å². The van der Waals surface area contributed by atoms with Gasteiger partial charge in [0.25, 0.3) is 0 Å². The van der Waals surface area contributed by atoms with Crippen LogP contribution in [-0.2, 0) is 24.1 Å². The minimum Gasteiger partial charge on any atom is -0.344 e. The normalized spacial score (nSPS) is 18.4. The van der Waals surface area contributed by atoms with Crippen LogP contribution < -0.4 is 5.32 Å². The van der Waals surface area contributed by atoms with Gasteiger partial charge in [-0.05, 0) is 41.3 Å². The Kier molecular flexibility index (Phi) is 5.91. The molecule has 2 aromatic carbocycles. The van der Waals surface area contributed by atoms with Gasteiger partial charge in [0, 0.05) is 57.6 Å². The number of halogens is 2. The summed E-state index contributed by atoms with van der Waals surface area (Å²) in [6.07, 6.45) is 2.07. The third-order valence-electron chi connectivity index (χ3n) is 6.21. The van der Waals surface area contributed by atoms with E-state index in [1.165, 1.54) is 23.3 Å². The Hall–Kier alpha value is -1.95. The fourth-order valence-corrected chi connectivity index (χ4v) is 4.95. The van der Waals surface area contributed by atoms with E-state index in [-0.39, 0.29) is 11.7 Å². The van der Waals surface area contributed by atoms with Crippen LogP contribution in [0.3, 0.4) is 0 Å². The molecule has 0 bridgehead atoms. The van der Waals surface area contributed by atoms with Gasteiger partial charge in [-0.25, -0.2) is 4.39 Å². The Bertz CT molecular complexity index is 852. The van der Waals surface area contributed by atoms with Crippen molar-refractivity contribution in [2.75, 3.05) is 39.8 Å². The number of benzene rings is 2. The molecule has 1 N–H and O–H groups in total. The molecule has 2 aliphatic rings. The number of nitrogens with one attached hydrogen (secondary N) is 1. The molecule has 1 amide bonds. The molecule has 4 rings (SSSR count). The highest BCUT2D eigenvalue weighted by Gasteiger charge is 2.49. The predicted octanol–water partition coefficient (Wildman–Crippen LogP) is 2.92. The van der Waals surface area contributed by atoms with E-state index in [1.54, 1.807) is 6.07 Å². The quantitative estimate of drug-likeness (QED) is 0.815. The zero-order chi connectivity index (χ0) is 20.4. The Labute approximate surface area is 176 Å². The van der Waals surface area contributed by atoms with Crippen LogP contribution in [0.2, 0.25) is 5.02 Å². The van der Waals surface area contributed by atoms with Gasteiger partial charge in [0.15, 0.2) is 0 Å². The summed E-state index contributed by atoms with van der Waals surface area (Å²) in [6, 6.07) is 12.9. The van der Waals surface area contributed by atoms with Crippen molar-refractivity contribution in [1.29, 1.82) is 0 Å². The van der Waals surface area contributed by atoms with E-state index >= 15 is 0 Å². The van der Waals surface area contributed by atoms with Crippen LogP contribution in [0.1, 0.15) is 16.7 Å². The number of carbonyl (C=O) groups excluding carboxylic acids is 1. The first-order valence-electron chi connectivity index (χ1n) is 10.2. The monoisotopic (exact) mass is 415 g/mol. The maximum absolute atomic E-state index is 13.8. The first-order chi connectivity index (χ1) is 14.0. The molecule has 1 saturated heterocycles. The highest BCUT2D eigenvalue weighted by molar-refractivity contribution is 6.30. The molecule has 2 aromatic rings. The number of hydrogen-bond acceptors (Lipinski definition) is 3. The van der Waals surface area contributed by atoms with Crippen LogP contribution in [0.15, 0.2) is 42.5 Å². The van der Waals surface area contributed by atoms with Gasteiger partial charge in [0.1, 0.15) is 11.4 Å². The number of amides is 1. The van der Waals surface area contributed by atoms with Crippen molar-refractivity contribution < 1.29 is 9.18 Å². The van der Waals surface area contributed by atoms with E-state index in [1.807, 2.05) is 11.9 Å². The van der Waals surface area contributed by atoms with Crippen molar-refractivity contribution in [2.24, 2.45) is 0 Å². The van der Waals surface area contributed by atoms with E-state index < -0.39 is 5.54 Å². The summed E-state index contributed by atoms with van der Waals surface area (Å²) in [7, 11) is 1.86. The van der Waals surface area contributed by atoms with Gasteiger partial charge in [-0.3, -0.25) is 9.69 Å². The molecule has 154 valence electrons. The zero-order valence-electron chi connectivity index (χ0n) is 16.8. The molecule has 0 saturated carbocycles. The summed E-state index contributed by atoms with van der Waals surface area (Å²) >= 11 is 5.97. The average Bonchev–Trinajstić information content (AvgIpc) is 3.12. The van der Waals surface area contributed by atoms with Crippen LogP contribution in [0, 0.1) is 5.82 Å². The Morgan fingerprint density at radius 2 is 1.83 bits per heavy atom. The standard InChI is InChI=1S/C23H27ClFN3O/c1-27(9-6-17-12-20(24)14-21(25)13-17)22(29)23(28-10-7-26-8-11-28)15-18-4-2-3-5-19(18)16-23/h2-5,12-14,26H,6-11,15-16H2,1H3. The van der Waals surface area contributed by atoms with E-state index in [0.29, 0.717) is 18.0 Å². The van der Waals surface area contributed by atoms with Gasteiger partial charge in [0.05, 0.1) is 0 Å². The highest BCUT2D eigenvalue weighted by atomic mass is 35.5. The third-order valence-corrected chi connectivity index (χ3v) is 6.43. The lowest BCUT2D eigenvalue weighted by Crippen LogP contribution is -2.64. The van der Waals surface area contributed by atoms with Crippen molar-refractivity contribution >= 4 is 17.5 Å². The topological polar surface area (TPSA) is 35.6 Å². The third kappa shape index (κ3) is 4.18. The van der Waals surface area contributed by atoms with Crippen LogP contribution in [0.25, 0.3) is 0 Å². The van der Waals surface area contributed by atoms with Crippen LogP contribution in [-0.4, -0.2) is 61.0 Å². The Morgan fingerprint density at radius 1 is 1.17 bits per heavy atom. The second kappa shape index (κ2) is 8.42. The van der Waals surface area contributed by atoms with Crippen molar-refractivity contribution in [2.45, 2.75) is 24.8 Å². The highest BCUT2D eigenvalue weighted by Crippen LogP contribution is 2.36. The number of rotatable bonds is 5. The minimum absolute atomic E-state index is 0.151. The van der Waals surface area contributed by atoms with Gasteiger partial charge in [-0.1, -0.05) is 35.9 Å². The van der Waals surface area contributed by atoms with Gasteiger partial charge < -0.3 is 10.2 Å². The molecule has 0 atom stereocenters. The summed E-state index contributed by atoms with van der Waals surface area (Å²) in [6.45, 7) is 4.07. The van der Waals surface area contributed by atoms with Crippen molar-refractivity contribution in [3.63, 3.8) is 0 Å². The van der Waals surface area contributed by atoms with Crippen molar-refractivity contribution in [3.05, 3.63) is 70.0 Å². The number of hydrogen-bond donors (Lipinski definition) is 1. The van der Waals surface area contributed by atoms with E-state index in [9.17, 15) is 9.18 Å². The summed E-state index contributed by atoms with van der Waals surface area (Å²) in [5.41, 5.74) is 2.81. The van der Waals surface area contributed by atoms with Crippen molar-refractivity contribution in [3.8, 4) is 0 Å². The van der Waals surface area contributed by atoms with Gasteiger partial charge in [-0.15, -0.1) is 0 Å². The predicted molar refractivity (Wildman–Crippen MR) is 114 cm³/mol. The first kappa shape index (κ1) is 20.3. The molecule has 1 aliphatic heterocycles. The Balaban J connectivity index is 1.53. The fraction of sp³-hybridized carbons (Fsp3) is 0.435. The molecule has 6 heteroatoms. The number of likely N-dealkylation sites (N-methyl/N-ethyl adjacent to an activating group) is 1. The van der Waals surface area contributed by atoms with Crippen LogP contribution in [0.4, 0.5) is 4.39 Å². The fourth-order valence-electron chi connectivity index (χ4n) is 4.71. The zero-order valence-corrected chi connectivity index (χ0v) is 17.5. The van der Waals surface area contributed by atoms with Gasteiger partial charge >= 0.3 is 0 Å². The number of fused-ring (bicyclic) bond motifs is 1. The smallest absolute Gasteiger partial charge is 0.243 e. The summed E-state index contributed by atoms with van der Waals surface area (Å²) in [5.74, 6) is -0.192. The number of nitrogens with zero attached hydrogens (tertiary/aromatic N) is 2. The lowest BCUT2D eigenvalue weighted by molar-refractivity contribution is -0.143. The molecule has 0 aromatic heterocycles. The lowest BCUT2D eigenvalue weighted by atomic mass is 9.90. The molecule has 1 heterocycles. The van der Waals surface area contributed by atoms with Crippen LogP contribution in [0.5, 0.6) is 0 Å². The molecule has 4 nitrogen and oxygen atoms in total. The van der Waals surface area contributed by atoms with E-state index in [0.717, 1.165) is 44.6 Å². The largest absolute Gasteiger partial charge is 0.344 e. The minimum atomic E-state index is -0.528. The molecule has 1 aliphatic carbocycles.